The van der Waals surface area contributed by atoms with Crippen molar-refractivity contribution in [1.29, 1.82) is 0 Å². The molecular weight excluding hydrogens is 183 g/mol. The van der Waals surface area contributed by atoms with Gasteiger partial charge in [-0.15, -0.1) is 0 Å². The van der Waals surface area contributed by atoms with Crippen molar-refractivity contribution in [2.45, 2.75) is 13.0 Å². The second-order valence-electron chi connectivity index (χ2n) is 2.95. The van der Waals surface area contributed by atoms with Crippen molar-refractivity contribution >= 4 is 5.71 Å². The summed E-state index contributed by atoms with van der Waals surface area (Å²) >= 11 is 0. The van der Waals surface area contributed by atoms with Crippen molar-refractivity contribution < 1.29 is 9.23 Å². The van der Waals surface area contributed by atoms with E-state index < -0.39 is 0 Å². The summed E-state index contributed by atoms with van der Waals surface area (Å²) in [4.78, 5) is 4.66. The van der Waals surface area contributed by atoms with Gasteiger partial charge in [0.2, 0.25) is 0 Å². The van der Waals surface area contributed by atoms with Crippen LogP contribution in [-0.2, 0) is 4.84 Å². The zero-order valence-corrected chi connectivity index (χ0v) is 8.20. The highest BCUT2D eigenvalue weighted by Crippen LogP contribution is 2.06. The van der Waals surface area contributed by atoms with E-state index in [1.807, 2.05) is 0 Å². The van der Waals surface area contributed by atoms with Crippen LogP contribution in [0.1, 0.15) is 12.5 Å². The molecule has 1 aromatic carbocycles. The summed E-state index contributed by atoms with van der Waals surface area (Å²) in [7, 11) is 1.45. The number of halogens is 1. The SMILES string of the molecule is CON=C(c1ccc(F)cc1)C(C)N. The maximum Gasteiger partial charge on any atom is 0.123 e. The fraction of sp³-hybridized carbons (Fsp3) is 0.300. The first-order valence-corrected chi connectivity index (χ1v) is 4.27. The van der Waals surface area contributed by atoms with Gasteiger partial charge in [-0.05, 0) is 19.1 Å². The average molecular weight is 196 g/mol. The Morgan fingerprint density at radius 3 is 2.43 bits per heavy atom. The number of hydrogen-bond donors (Lipinski definition) is 1. The monoisotopic (exact) mass is 196 g/mol. The van der Waals surface area contributed by atoms with Crippen LogP contribution in [0.3, 0.4) is 0 Å². The highest BCUT2D eigenvalue weighted by molar-refractivity contribution is 6.03. The Labute approximate surface area is 82.4 Å². The van der Waals surface area contributed by atoms with Crippen LogP contribution < -0.4 is 5.73 Å². The molecule has 14 heavy (non-hydrogen) atoms. The van der Waals surface area contributed by atoms with Crippen LogP contribution in [0.2, 0.25) is 0 Å². The van der Waals surface area contributed by atoms with E-state index in [1.54, 1.807) is 19.1 Å². The lowest BCUT2D eigenvalue weighted by atomic mass is 10.1. The van der Waals surface area contributed by atoms with E-state index >= 15 is 0 Å². The van der Waals surface area contributed by atoms with Gasteiger partial charge in [-0.3, -0.25) is 0 Å². The number of rotatable bonds is 3. The molecule has 0 saturated carbocycles. The number of benzene rings is 1. The summed E-state index contributed by atoms with van der Waals surface area (Å²) in [5, 5.41) is 3.79. The van der Waals surface area contributed by atoms with Crippen LogP contribution >= 0.6 is 0 Å². The van der Waals surface area contributed by atoms with Crippen molar-refractivity contribution in [3.63, 3.8) is 0 Å². The number of hydrogen-bond acceptors (Lipinski definition) is 3. The Morgan fingerprint density at radius 2 is 2.00 bits per heavy atom. The maximum absolute atomic E-state index is 12.6. The lowest BCUT2D eigenvalue weighted by Gasteiger charge is -2.08. The largest absolute Gasteiger partial charge is 0.399 e. The van der Waals surface area contributed by atoms with Gasteiger partial charge in [0.25, 0.3) is 0 Å². The van der Waals surface area contributed by atoms with Crippen LogP contribution in [0.15, 0.2) is 29.4 Å². The molecule has 0 aliphatic heterocycles. The van der Waals surface area contributed by atoms with Gasteiger partial charge in [0.1, 0.15) is 18.6 Å². The molecular formula is C10H13FN2O. The second kappa shape index (κ2) is 4.72. The normalized spacial score (nSPS) is 13.9. The molecule has 0 aliphatic carbocycles. The smallest absolute Gasteiger partial charge is 0.123 e. The molecule has 0 radical (unpaired) electrons. The van der Waals surface area contributed by atoms with Gasteiger partial charge >= 0.3 is 0 Å². The van der Waals surface area contributed by atoms with Gasteiger partial charge in [0.05, 0.1) is 0 Å². The first-order valence-electron chi connectivity index (χ1n) is 4.27. The van der Waals surface area contributed by atoms with Gasteiger partial charge in [-0.25, -0.2) is 4.39 Å². The summed E-state index contributed by atoms with van der Waals surface area (Å²) in [6, 6.07) is 5.72. The van der Waals surface area contributed by atoms with Crippen LogP contribution in [0.25, 0.3) is 0 Å². The third-order valence-corrected chi connectivity index (χ3v) is 1.76. The van der Waals surface area contributed by atoms with Crippen molar-refractivity contribution in [1.82, 2.24) is 0 Å². The predicted octanol–water partition coefficient (Wildman–Crippen LogP) is 1.52. The Hall–Kier alpha value is -1.42. The summed E-state index contributed by atoms with van der Waals surface area (Å²) in [5.41, 5.74) is 7.06. The molecule has 0 aliphatic rings. The summed E-state index contributed by atoms with van der Waals surface area (Å²) < 4.78 is 12.6. The molecule has 0 amide bonds. The van der Waals surface area contributed by atoms with Crippen molar-refractivity contribution in [3.8, 4) is 0 Å². The van der Waals surface area contributed by atoms with Gasteiger partial charge in [0.15, 0.2) is 0 Å². The van der Waals surface area contributed by atoms with Gasteiger partial charge < -0.3 is 10.6 Å². The van der Waals surface area contributed by atoms with E-state index in [2.05, 4.69) is 9.99 Å². The summed E-state index contributed by atoms with van der Waals surface area (Å²) in [6.07, 6.45) is 0. The molecule has 0 aromatic heterocycles. The molecule has 0 spiro atoms. The predicted molar refractivity (Wildman–Crippen MR) is 53.6 cm³/mol. The fourth-order valence-corrected chi connectivity index (χ4v) is 1.12. The Balaban J connectivity index is 3.00. The minimum Gasteiger partial charge on any atom is -0.399 e. The van der Waals surface area contributed by atoms with E-state index in [9.17, 15) is 4.39 Å². The lowest BCUT2D eigenvalue weighted by molar-refractivity contribution is 0.212. The molecule has 1 rings (SSSR count). The molecule has 1 atom stereocenters. The standard InChI is InChI=1S/C10H13FN2O/c1-7(12)10(13-14-2)8-3-5-9(11)6-4-8/h3-7H,12H2,1-2H3. The van der Waals surface area contributed by atoms with Crippen LogP contribution in [0.5, 0.6) is 0 Å². The minimum absolute atomic E-state index is 0.250. The van der Waals surface area contributed by atoms with Crippen LogP contribution in [-0.4, -0.2) is 18.9 Å². The van der Waals surface area contributed by atoms with Crippen molar-refractivity contribution in [2.24, 2.45) is 10.9 Å². The maximum atomic E-state index is 12.6. The second-order valence-corrected chi connectivity index (χ2v) is 2.95. The third-order valence-electron chi connectivity index (χ3n) is 1.76. The molecule has 0 bridgehead atoms. The topological polar surface area (TPSA) is 47.6 Å². The van der Waals surface area contributed by atoms with E-state index in [4.69, 9.17) is 5.73 Å². The molecule has 0 heterocycles. The summed E-state index contributed by atoms with van der Waals surface area (Å²) in [6.45, 7) is 1.79. The fourth-order valence-electron chi connectivity index (χ4n) is 1.12. The molecule has 0 saturated heterocycles. The van der Waals surface area contributed by atoms with Crippen LogP contribution in [0.4, 0.5) is 4.39 Å². The highest BCUT2D eigenvalue weighted by Gasteiger charge is 2.09. The van der Waals surface area contributed by atoms with E-state index in [1.165, 1.54) is 19.2 Å². The van der Waals surface area contributed by atoms with E-state index in [0.717, 1.165) is 5.56 Å². The Bertz CT molecular complexity index is 319. The van der Waals surface area contributed by atoms with Crippen molar-refractivity contribution in [3.05, 3.63) is 35.6 Å². The molecule has 3 nitrogen and oxygen atoms in total. The molecule has 1 aromatic rings. The Kier molecular flexibility index (Phi) is 3.59. The number of oxime groups is 1. The van der Waals surface area contributed by atoms with Crippen LogP contribution in [0, 0.1) is 5.82 Å². The van der Waals surface area contributed by atoms with Gasteiger partial charge in [-0.2, -0.15) is 0 Å². The quantitative estimate of drug-likeness (QED) is 0.588. The van der Waals surface area contributed by atoms with E-state index in [-0.39, 0.29) is 11.9 Å². The minimum atomic E-state index is -0.282. The Morgan fingerprint density at radius 1 is 1.43 bits per heavy atom. The van der Waals surface area contributed by atoms with Crippen molar-refractivity contribution in [2.75, 3.05) is 7.11 Å². The zero-order chi connectivity index (χ0) is 10.6. The average Bonchev–Trinajstić information content (AvgIpc) is 2.15. The highest BCUT2D eigenvalue weighted by atomic mass is 19.1. The third kappa shape index (κ3) is 2.53. The molecule has 1 unspecified atom stereocenters. The first kappa shape index (κ1) is 10.7. The first-order chi connectivity index (χ1) is 6.65. The number of nitrogens with zero attached hydrogens (tertiary/aromatic N) is 1. The van der Waals surface area contributed by atoms with E-state index in [0.29, 0.717) is 5.71 Å². The number of nitrogens with two attached hydrogens (primary N) is 1. The molecule has 0 fully saturated rings. The summed E-state index contributed by atoms with van der Waals surface area (Å²) in [5.74, 6) is -0.282. The zero-order valence-electron chi connectivity index (χ0n) is 8.20. The van der Waals surface area contributed by atoms with Gasteiger partial charge in [-0.1, -0.05) is 17.3 Å². The lowest BCUT2D eigenvalue weighted by Crippen LogP contribution is -2.27. The molecule has 2 N–H and O–H groups in total. The molecule has 4 heteroatoms. The van der Waals surface area contributed by atoms with Gasteiger partial charge in [0, 0.05) is 11.6 Å². The molecule has 76 valence electrons.